The number of aliphatic imine (C=N–C) groups is 1. The largest absolute Gasteiger partial charge is 0.361 e. The molecule has 1 N–H and O–H groups in total. The van der Waals surface area contributed by atoms with E-state index in [9.17, 15) is 0 Å². The van der Waals surface area contributed by atoms with Gasteiger partial charge in [0.05, 0.1) is 6.54 Å². The summed E-state index contributed by atoms with van der Waals surface area (Å²) in [5, 5.41) is 5.70. The van der Waals surface area contributed by atoms with Crippen molar-refractivity contribution in [2.45, 2.75) is 62.8 Å². The molecule has 0 amide bonds. The third kappa shape index (κ3) is 2.69. The van der Waals surface area contributed by atoms with Crippen LogP contribution in [0.1, 0.15) is 45.4 Å². The Morgan fingerprint density at radius 3 is 3.17 bits per heavy atom. The number of hydrogen-bond donors (Lipinski definition) is 1. The van der Waals surface area contributed by atoms with Crippen molar-refractivity contribution in [2.75, 3.05) is 19.6 Å². The van der Waals surface area contributed by atoms with E-state index in [4.69, 9.17) is 0 Å². The van der Waals surface area contributed by atoms with E-state index in [2.05, 4.69) is 22.1 Å². The summed E-state index contributed by atoms with van der Waals surface area (Å²) in [7, 11) is 0. The van der Waals surface area contributed by atoms with Gasteiger partial charge < -0.3 is 5.32 Å². The van der Waals surface area contributed by atoms with E-state index in [0.29, 0.717) is 6.04 Å². The topological polar surface area (TPSA) is 27.6 Å². The molecule has 3 unspecified atom stereocenters. The standard InChI is InChI=1S/C14H25N3S/c1-2-5-11-10-15-14(18-11)16-12-7-9-17-8-4-3-6-13(12)17/h11-13H,2-10H2,1H3,(H,15,16). The van der Waals surface area contributed by atoms with Crippen LogP contribution in [0.25, 0.3) is 0 Å². The van der Waals surface area contributed by atoms with Crippen molar-refractivity contribution in [1.82, 2.24) is 10.2 Å². The van der Waals surface area contributed by atoms with E-state index in [1.807, 2.05) is 11.8 Å². The average molecular weight is 267 g/mol. The molecule has 0 aliphatic carbocycles. The van der Waals surface area contributed by atoms with Crippen LogP contribution in [0.3, 0.4) is 0 Å². The van der Waals surface area contributed by atoms with E-state index >= 15 is 0 Å². The van der Waals surface area contributed by atoms with Crippen LogP contribution in [-0.4, -0.2) is 47.0 Å². The highest BCUT2D eigenvalue weighted by Gasteiger charge is 2.36. The number of piperidine rings is 1. The molecule has 3 aliphatic heterocycles. The lowest BCUT2D eigenvalue weighted by Crippen LogP contribution is -2.46. The van der Waals surface area contributed by atoms with Crippen LogP contribution in [0.2, 0.25) is 0 Å². The third-order valence-corrected chi connectivity index (χ3v) is 5.68. The van der Waals surface area contributed by atoms with Crippen LogP contribution in [0.5, 0.6) is 0 Å². The minimum atomic E-state index is 0.664. The highest BCUT2D eigenvalue weighted by atomic mass is 32.2. The van der Waals surface area contributed by atoms with Crippen LogP contribution in [-0.2, 0) is 0 Å². The Balaban J connectivity index is 1.51. The second-order valence-corrected chi connectivity index (χ2v) is 7.10. The van der Waals surface area contributed by atoms with Crippen molar-refractivity contribution in [1.29, 1.82) is 0 Å². The quantitative estimate of drug-likeness (QED) is 0.851. The Kier molecular flexibility index (Phi) is 4.14. The van der Waals surface area contributed by atoms with Crippen molar-refractivity contribution in [3.05, 3.63) is 0 Å². The molecule has 3 nitrogen and oxygen atoms in total. The highest BCUT2D eigenvalue weighted by Crippen LogP contribution is 2.29. The van der Waals surface area contributed by atoms with E-state index < -0.39 is 0 Å². The first kappa shape index (κ1) is 12.8. The molecule has 2 saturated heterocycles. The Morgan fingerprint density at radius 2 is 2.28 bits per heavy atom. The number of nitrogens with zero attached hydrogens (tertiary/aromatic N) is 2. The highest BCUT2D eigenvalue weighted by molar-refractivity contribution is 8.14. The zero-order valence-electron chi connectivity index (χ0n) is 11.4. The van der Waals surface area contributed by atoms with Gasteiger partial charge in [0.2, 0.25) is 0 Å². The maximum Gasteiger partial charge on any atom is 0.157 e. The van der Waals surface area contributed by atoms with Gasteiger partial charge in [-0.15, -0.1) is 0 Å². The second kappa shape index (κ2) is 5.83. The maximum absolute atomic E-state index is 4.69. The molecule has 0 saturated carbocycles. The predicted octanol–water partition coefficient (Wildman–Crippen LogP) is 2.47. The maximum atomic E-state index is 4.69. The molecule has 2 fully saturated rings. The number of rotatable bonds is 3. The summed E-state index contributed by atoms with van der Waals surface area (Å²) in [5.74, 6) is 0. The molecule has 0 radical (unpaired) electrons. The molecule has 3 rings (SSSR count). The van der Waals surface area contributed by atoms with E-state index in [1.165, 1.54) is 56.8 Å². The Hall–Kier alpha value is -0.220. The van der Waals surface area contributed by atoms with Gasteiger partial charge in [0, 0.05) is 23.9 Å². The molecule has 3 heterocycles. The SMILES string of the molecule is CCCC1CN=C(NC2CCN3CCCCC23)S1. The van der Waals surface area contributed by atoms with Crippen LogP contribution in [0, 0.1) is 0 Å². The van der Waals surface area contributed by atoms with Gasteiger partial charge >= 0.3 is 0 Å². The second-order valence-electron chi connectivity index (χ2n) is 5.81. The molecular formula is C14H25N3S. The molecule has 0 aromatic rings. The van der Waals surface area contributed by atoms with Crippen molar-refractivity contribution in [3.63, 3.8) is 0 Å². The average Bonchev–Trinajstić information content (AvgIpc) is 2.99. The van der Waals surface area contributed by atoms with Crippen molar-refractivity contribution in [2.24, 2.45) is 4.99 Å². The molecule has 102 valence electrons. The molecule has 18 heavy (non-hydrogen) atoms. The molecule has 4 heteroatoms. The van der Waals surface area contributed by atoms with Crippen molar-refractivity contribution in [3.8, 4) is 0 Å². The van der Waals surface area contributed by atoms with Gasteiger partial charge in [0.15, 0.2) is 5.17 Å². The third-order valence-electron chi connectivity index (χ3n) is 4.49. The molecule has 0 aromatic heterocycles. The fraction of sp³-hybridized carbons (Fsp3) is 0.929. The van der Waals surface area contributed by atoms with Crippen LogP contribution < -0.4 is 5.32 Å². The van der Waals surface area contributed by atoms with Gasteiger partial charge in [-0.05, 0) is 32.2 Å². The monoisotopic (exact) mass is 267 g/mol. The summed E-state index contributed by atoms with van der Waals surface area (Å²) in [6.07, 6.45) is 8.09. The van der Waals surface area contributed by atoms with Crippen molar-refractivity contribution >= 4 is 16.9 Å². The summed E-state index contributed by atoms with van der Waals surface area (Å²) in [5.41, 5.74) is 0. The first-order chi connectivity index (χ1) is 8.86. The molecule has 0 aromatic carbocycles. The van der Waals surface area contributed by atoms with Gasteiger partial charge in [-0.1, -0.05) is 31.5 Å². The van der Waals surface area contributed by atoms with E-state index in [1.54, 1.807) is 0 Å². The number of amidine groups is 1. The van der Waals surface area contributed by atoms with Gasteiger partial charge in [0.1, 0.15) is 0 Å². The van der Waals surface area contributed by atoms with Gasteiger partial charge in [-0.2, -0.15) is 0 Å². The van der Waals surface area contributed by atoms with Gasteiger partial charge in [0.25, 0.3) is 0 Å². The molecular weight excluding hydrogens is 242 g/mol. The summed E-state index contributed by atoms with van der Waals surface area (Å²) in [4.78, 5) is 7.37. The fourth-order valence-electron chi connectivity index (χ4n) is 3.54. The minimum absolute atomic E-state index is 0.664. The predicted molar refractivity (Wildman–Crippen MR) is 79.3 cm³/mol. The van der Waals surface area contributed by atoms with Crippen LogP contribution >= 0.6 is 11.8 Å². The van der Waals surface area contributed by atoms with Crippen LogP contribution in [0.15, 0.2) is 4.99 Å². The summed E-state index contributed by atoms with van der Waals surface area (Å²) >= 11 is 1.98. The summed E-state index contributed by atoms with van der Waals surface area (Å²) in [6.45, 7) is 5.91. The zero-order valence-corrected chi connectivity index (χ0v) is 12.2. The first-order valence-electron chi connectivity index (χ1n) is 7.58. The smallest absolute Gasteiger partial charge is 0.157 e. The Labute approximate surface area is 115 Å². The summed E-state index contributed by atoms with van der Waals surface area (Å²) in [6, 6.07) is 1.45. The van der Waals surface area contributed by atoms with E-state index in [-0.39, 0.29) is 0 Å². The molecule has 0 bridgehead atoms. The number of fused-ring (bicyclic) bond motifs is 1. The molecule has 3 atom stereocenters. The summed E-state index contributed by atoms with van der Waals surface area (Å²) < 4.78 is 0. The normalized spacial score (nSPS) is 36.5. The zero-order chi connectivity index (χ0) is 12.4. The lowest BCUT2D eigenvalue weighted by molar-refractivity contribution is 0.185. The molecule has 0 spiro atoms. The van der Waals surface area contributed by atoms with Crippen LogP contribution in [0.4, 0.5) is 0 Å². The van der Waals surface area contributed by atoms with Crippen molar-refractivity contribution < 1.29 is 0 Å². The van der Waals surface area contributed by atoms with E-state index in [0.717, 1.165) is 17.8 Å². The Morgan fingerprint density at radius 1 is 1.33 bits per heavy atom. The molecule has 3 aliphatic rings. The minimum Gasteiger partial charge on any atom is -0.361 e. The Bertz CT molecular complexity index is 318. The van der Waals surface area contributed by atoms with Gasteiger partial charge in [-0.25, -0.2) is 0 Å². The number of nitrogens with one attached hydrogen (secondary N) is 1. The fourth-order valence-corrected chi connectivity index (χ4v) is 4.73. The lowest BCUT2D eigenvalue weighted by Gasteiger charge is -2.32. The number of hydrogen-bond acceptors (Lipinski definition) is 4. The van der Waals surface area contributed by atoms with Gasteiger partial charge in [-0.3, -0.25) is 9.89 Å². The lowest BCUT2D eigenvalue weighted by atomic mass is 9.99. The number of thioether (sulfide) groups is 1. The first-order valence-corrected chi connectivity index (χ1v) is 8.46.